The molecule has 2 aromatic rings. The number of nitrogens with zero attached hydrogens (tertiary/aromatic N) is 2. The molecule has 0 spiro atoms. The van der Waals surface area contributed by atoms with Gasteiger partial charge in [0.15, 0.2) is 0 Å². The average Bonchev–Trinajstić information content (AvgIpc) is 3.22. The lowest BCUT2D eigenvalue weighted by Crippen LogP contribution is -2.45. The molecule has 0 aliphatic carbocycles. The number of esters is 1. The monoisotopic (exact) mass is 622 g/mol. The van der Waals surface area contributed by atoms with Crippen molar-refractivity contribution in [2.75, 3.05) is 30.5 Å². The van der Waals surface area contributed by atoms with Crippen LogP contribution >= 0.6 is 0 Å². The van der Waals surface area contributed by atoms with Crippen LogP contribution in [0, 0.1) is 0 Å². The van der Waals surface area contributed by atoms with Gasteiger partial charge in [0.1, 0.15) is 25.1 Å². The molecule has 3 atom stereocenters. The number of nitrogens with one attached hydrogen (secondary N) is 2. The molecule has 1 aliphatic rings. The van der Waals surface area contributed by atoms with Gasteiger partial charge in [0, 0.05) is 24.7 Å². The van der Waals surface area contributed by atoms with E-state index in [1.54, 1.807) is 31.2 Å². The first kappa shape index (κ1) is 33.6. The number of rotatable bonds is 14. The van der Waals surface area contributed by atoms with Gasteiger partial charge in [-0.05, 0) is 38.0 Å². The number of hydrogen-bond donors (Lipinski definition) is 2. The molecule has 3 rings (SSSR count). The molecule has 2 heterocycles. The lowest BCUT2D eigenvalue weighted by molar-refractivity contribution is -0.150. The number of carbonyl (C=O) groups excluding carboxylic acids is 4. The second kappa shape index (κ2) is 16.1. The summed E-state index contributed by atoms with van der Waals surface area (Å²) in [7, 11) is 0. The standard InChI is InChI=1S/C28H32F2N4O10/c1-3-16-41-27(39)44-23-19(17-42-22(36)13-9-8-12-21(35)31-18-10-6-5-7-11-18)43-24(28(23,29)30)34-15-14-20(32-25(34)37)33-26(38)40-4-2/h3,5-7,10-11,14-15,19,23-24H,1,4,8-9,12-13,16-17H2,2H3,(H,31,35)(H,32,33,37,38)/t19-,23-,24-/m1/s1. The highest BCUT2D eigenvalue weighted by Gasteiger charge is 2.63. The molecule has 0 bridgehead atoms. The Bertz CT molecular complexity index is 1370. The van der Waals surface area contributed by atoms with Crippen LogP contribution in [0.2, 0.25) is 0 Å². The summed E-state index contributed by atoms with van der Waals surface area (Å²) in [6.45, 7) is 3.85. The number of alkyl halides is 2. The van der Waals surface area contributed by atoms with E-state index in [0.717, 1.165) is 12.3 Å². The number of carbonyl (C=O) groups is 4. The van der Waals surface area contributed by atoms with E-state index in [-0.39, 0.29) is 44.2 Å². The van der Waals surface area contributed by atoms with Gasteiger partial charge < -0.3 is 29.0 Å². The Morgan fingerprint density at radius 3 is 2.48 bits per heavy atom. The quantitative estimate of drug-likeness (QED) is 0.136. The van der Waals surface area contributed by atoms with Gasteiger partial charge in [-0.25, -0.2) is 14.4 Å². The zero-order valence-corrected chi connectivity index (χ0v) is 23.7. The summed E-state index contributed by atoms with van der Waals surface area (Å²) in [6.07, 6.45) is -6.04. The number of benzene rings is 1. The van der Waals surface area contributed by atoms with E-state index in [0.29, 0.717) is 16.7 Å². The van der Waals surface area contributed by atoms with Gasteiger partial charge in [-0.15, -0.1) is 0 Å². The Labute approximate surface area is 250 Å². The van der Waals surface area contributed by atoms with E-state index >= 15 is 8.78 Å². The molecule has 2 amide bonds. The first-order chi connectivity index (χ1) is 21.0. The molecule has 1 aromatic carbocycles. The fraction of sp³-hybridized carbons (Fsp3) is 0.429. The normalized spacial score (nSPS) is 18.5. The molecule has 16 heteroatoms. The number of halogens is 2. The lowest BCUT2D eigenvalue weighted by atomic mass is 10.1. The maximum absolute atomic E-state index is 15.6. The highest BCUT2D eigenvalue weighted by Crippen LogP contribution is 2.44. The molecule has 0 saturated carbocycles. The maximum Gasteiger partial charge on any atom is 0.509 e. The SMILES string of the molecule is C=CCOC(=O)O[C@@H]1[C@@H](COC(=O)CCCCC(=O)Nc2ccccc2)O[C@@H](n2ccc(NC(=O)OCC)nc2=O)C1(F)F. The molecule has 2 N–H and O–H groups in total. The summed E-state index contributed by atoms with van der Waals surface area (Å²) < 4.78 is 56.1. The third kappa shape index (κ3) is 9.58. The van der Waals surface area contributed by atoms with E-state index in [1.807, 2.05) is 6.07 Å². The van der Waals surface area contributed by atoms with Crippen molar-refractivity contribution in [1.82, 2.24) is 9.55 Å². The largest absolute Gasteiger partial charge is 0.509 e. The Kier molecular flexibility index (Phi) is 12.3. The van der Waals surface area contributed by atoms with E-state index in [4.69, 9.17) is 14.2 Å². The van der Waals surface area contributed by atoms with Gasteiger partial charge in [-0.2, -0.15) is 13.8 Å². The highest BCUT2D eigenvalue weighted by molar-refractivity contribution is 5.90. The molecule has 1 aromatic heterocycles. The summed E-state index contributed by atoms with van der Waals surface area (Å²) in [5.41, 5.74) is -0.595. The molecule has 44 heavy (non-hydrogen) atoms. The summed E-state index contributed by atoms with van der Waals surface area (Å²) in [5, 5.41) is 4.89. The molecule has 0 unspecified atom stereocenters. The number of amides is 2. The van der Waals surface area contributed by atoms with Gasteiger partial charge in [-0.3, -0.25) is 19.5 Å². The number of para-hydroxylation sites is 1. The predicted molar refractivity (Wildman–Crippen MR) is 149 cm³/mol. The second-order valence-electron chi connectivity index (χ2n) is 9.24. The number of hydrogen-bond acceptors (Lipinski definition) is 11. The smallest absolute Gasteiger partial charge is 0.463 e. The summed E-state index contributed by atoms with van der Waals surface area (Å²) in [6, 6.07) is 9.87. The first-order valence-corrected chi connectivity index (χ1v) is 13.6. The van der Waals surface area contributed by atoms with Gasteiger partial charge in [0.25, 0.3) is 0 Å². The molecule has 1 fully saturated rings. The molecule has 1 aliphatic heterocycles. The topological polar surface area (TPSA) is 173 Å². The maximum atomic E-state index is 15.6. The van der Waals surface area contributed by atoms with Crippen LogP contribution in [0.5, 0.6) is 0 Å². The number of anilines is 2. The minimum Gasteiger partial charge on any atom is -0.463 e. The molecule has 238 valence electrons. The van der Waals surface area contributed by atoms with E-state index in [1.165, 1.54) is 6.08 Å². The first-order valence-electron chi connectivity index (χ1n) is 13.6. The van der Waals surface area contributed by atoms with Crippen LogP contribution in [0.25, 0.3) is 0 Å². The third-order valence-corrected chi connectivity index (χ3v) is 5.98. The number of ether oxygens (including phenoxy) is 5. The van der Waals surface area contributed by atoms with E-state index < -0.39 is 54.9 Å². The average molecular weight is 623 g/mol. The van der Waals surface area contributed by atoms with Gasteiger partial charge in [0.2, 0.25) is 18.2 Å². The zero-order chi connectivity index (χ0) is 32.1. The Balaban J connectivity index is 1.62. The van der Waals surface area contributed by atoms with Crippen LogP contribution in [0.3, 0.4) is 0 Å². The Hall–Kier alpha value is -4.86. The molecule has 0 radical (unpaired) electrons. The van der Waals surface area contributed by atoms with Crippen LogP contribution in [-0.2, 0) is 33.3 Å². The van der Waals surface area contributed by atoms with Crippen molar-refractivity contribution in [1.29, 1.82) is 0 Å². The van der Waals surface area contributed by atoms with Crippen LogP contribution in [-0.4, -0.2) is 71.6 Å². The molecular formula is C28H32F2N4O10. The van der Waals surface area contributed by atoms with Gasteiger partial charge in [-0.1, -0.05) is 30.9 Å². The lowest BCUT2D eigenvalue weighted by Gasteiger charge is -2.23. The van der Waals surface area contributed by atoms with Crippen molar-refractivity contribution in [2.24, 2.45) is 0 Å². The van der Waals surface area contributed by atoms with Crippen LogP contribution < -0.4 is 16.3 Å². The minimum absolute atomic E-state index is 0.0412. The van der Waals surface area contributed by atoms with E-state index in [9.17, 15) is 24.0 Å². The zero-order valence-electron chi connectivity index (χ0n) is 23.7. The van der Waals surface area contributed by atoms with E-state index in [2.05, 4.69) is 31.7 Å². The fourth-order valence-corrected chi connectivity index (χ4v) is 3.99. The van der Waals surface area contributed by atoms with Crippen molar-refractivity contribution in [3.63, 3.8) is 0 Å². The van der Waals surface area contributed by atoms with Crippen molar-refractivity contribution in [3.8, 4) is 0 Å². The third-order valence-electron chi connectivity index (χ3n) is 5.98. The Morgan fingerprint density at radius 1 is 1.07 bits per heavy atom. The molecule has 1 saturated heterocycles. The fourth-order valence-electron chi connectivity index (χ4n) is 3.99. The second-order valence-corrected chi connectivity index (χ2v) is 9.24. The van der Waals surface area contributed by atoms with Crippen LogP contribution in [0.4, 0.5) is 29.9 Å². The predicted octanol–water partition coefficient (Wildman–Crippen LogP) is 3.79. The molecule has 14 nitrogen and oxygen atoms in total. The highest BCUT2D eigenvalue weighted by atomic mass is 19.3. The van der Waals surface area contributed by atoms with Crippen LogP contribution in [0.1, 0.15) is 38.8 Å². The minimum atomic E-state index is -4.03. The van der Waals surface area contributed by atoms with Gasteiger partial charge in [0.05, 0.1) is 6.61 Å². The Morgan fingerprint density at radius 2 is 1.80 bits per heavy atom. The molecular weight excluding hydrogens is 590 g/mol. The van der Waals surface area contributed by atoms with Crippen molar-refractivity contribution >= 4 is 35.6 Å². The van der Waals surface area contributed by atoms with Crippen LogP contribution in [0.15, 0.2) is 60.0 Å². The summed E-state index contributed by atoms with van der Waals surface area (Å²) >= 11 is 0. The number of unbranched alkanes of at least 4 members (excludes halogenated alkanes) is 1. The van der Waals surface area contributed by atoms with Crippen molar-refractivity contribution in [3.05, 3.63) is 65.7 Å². The van der Waals surface area contributed by atoms with Crippen molar-refractivity contribution in [2.45, 2.75) is 57.0 Å². The summed E-state index contributed by atoms with van der Waals surface area (Å²) in [5.74, 6) is -5.31. The number of aromatic nitrogens is 2. The summed E-state index contributed by atoms with van der Waals surface area (Å²) in [4.78, 5) is 64.1. The van der Waals surface area contributed by atoms with Crippen molar-refractivity contribution < 1.29 is 51.6 Å². The van der Waals surface area contributed by atoms with Gasteiger partial charge >= 0.3 is 29.8 Å².